The monoisotopic (exact) mass is 216 g/mol. The Morgan fingerprint density at radius 3 is 2.62 bits per heavy atom. The summed E-state index contributed by atoms with van der Waals surface area (Å²) in [6, 6.07) is 3.93. The Hall–Kier alpha value is -1.68. The van der Waals surface area contributed by atoms with E-state index >= 15 is 0 Å². The van der Waals surface area contributed by atoms with Crippen LogP contribution in [0.2, 0.25) is 0 Å². The van der Waals surface area contributed by atoms with E-state index in [2.05, 4.69) is 14.5 Å². The molecule has 0 aliphatic heterocycles. The lowest BCUT2D eigenvalue weighted by Gasteiger charge is -2.05. The minimum atomic E-state index is 0.649. The van der Waals surface area contributed by atoms with Crippen molar-refractivity contribution < 1.29 is 0 Å². The summed E-state index contributed by atoms with van der Waals surface area (Å²) in [6.45, 7) is 2.67. The average molecular weight is 216 g/mol. The lowest BCUT2D eigenvalue weighted by molar-refractivity contribution is 0.805. The average Bonchev–Trinajstić information content (AvgIpc) is 2.59. The highest BCUT2D eigenvalue weighted by Crippen LogP contribution is 2.20. The quantitative estimate of drug-likeness (QED) is 0.841. The summed E-state index contributed by atoms with van der Waals surface area (Å²) in [5.41, 5.74) is 8.94. The maximum absolute atomic E-state index is 5.60. The normalized spacial score (nSPS) is 10.7. The molecule has 0 fully saturated rings. The number of imidazole rings is 1. The van der Waals surface area contributed by atoms with Crippen molar-refractivity contribution in [3.63, 3.8) is 0 Å². The smallest absolute Gasteiger partial charge is 0.140 e. The predicted molar refractivity (Wildman–Crippen MR) is 63.9 cm³/mol. The van der Waals surface area contributed by atoms with Crippen molar-refractivity contribution in [3.8, 4) is 11.4 Å². The highest BCUT2D eigenvalue weighted by Gasteiger charge is 2.11. The fraction of sp³-hybridized carbons (Fsp3) is 0.333. The van der Waals surface area contributed by atoms with Crippen LogP contribution in [0, 0.1) is 6.92 Å². The molecule has 0 saturated carbocycles. The number of pyridine rings is 1. The molecule has 0 aromatic carbocycles. The molecule has 84 valence electrons. The summed E-state index contributed by atoms with van der Waals surface area (Å²) < 4.78 is 2.11. The van der Waals surface area contributed by atoms with E-state index in [1.54, 1.807) is 12.4 Å². The van der Waals surface area contributed by atoms with Crippen LogP contribution in [-0.2, 0) is 13.5 Å². The molecular weight excluding hydrogens is 200 g/mol. The lowest BCUT2D eigenvalue weighted by atomic mass is 10.2. The van der Waals surface area contributed by atoms with Gasteiger partial charge in [0.2, 0.25) is 0 Å². The maximum atomic E-state index is 5.60. The van der Waals surface area contributed by atoms with Gasteiger partial charge in [0.1, 0.15) is 5.82 Å². The van der Waals surface area contributed by atoms with Crippen LogP contribution in [0.3, 0.4) is 0 Å². The zero-order valence-electron chi connectivity index (χ0n) is 9.64. The third-order valence-corrected chi connectivity index (χ3v) is 2.73. The fourth-order valence-corrected chi connectivity index (χ4v) is 1.91. The summed E-state index contributed by atoms with van der Waals surface area (Å²) in [6.07, 6.45) is 4.42. The van der Waals surface area contributed by atoms with Gasteiger partial charge in [-0.15, -0.1) is 0 Å². The molecule has 0 radical (unpaired) electrons. The van der Waals surface area contributed by atoms with E-state index in [0.717, 1.165) is 23.5 Å². The van der Waals surface area contributed by atoms with E-state index in [4.69, 9.17) is 5.73 Å². The lowest BCUT2D eigenvalue weighted by Crippen LogP contribution is -2.08. The van der Waals surface area contributed by atoms with Crippen molar-refractivity contribution in [3.05, 3.63) is 35.9 Å². The second-order valence-corrected chi connectivity index (χ2v) is 3.80. The largest absolute Gasteiger partial charge is 0.331 e. The molecule has 0 bridgehead atoms. The predicted octanol–water partition coefficient (Wildman–Crippen LogP) is 1.29. The zero-order valence-corrected chi connectivity index (χ0v) is 9.64. The van der Waals surface area contributed by atoms with E-state index in [9.17, 15) is 0 Å². The number of rotatable bonds is 3. The molecule has 0 aliphatic carbocycles. The van der Waals surface area contributed by atoms with Crippen LogP contribution in [0.1, 0.15) is 11.4 Å². The van der Waals surface area contributed by atoms with Crippen LogP contribution in [0.25, 0.3) is 11.4 Å². The minimum Gasteiger partial charge on any atom is -0.331 e. The van der Waals surface area contributed by atoms with Gasteiger partial charge in [0.25, 0.3) is 0 Å². The summed E-state index contributed by atoms with van der Waals surface area (Å²) in [7, 11) is 2.03. The summed E-state index contributed by atoms with van der Waals surface area (Å²) in [5, 5.41) is 0. The summed E-state index contributed by atoms with van der Waals surface area (Å²) in [4.78, 5) is 8.59. The third kappa shape index (κ3) is 1.84. The van der Waals surface area contributed by atoms with Crippen molar-refractivity contribution >= 4 is 0 Å². The molecule has 2 aromatic rings. The topological polar surface area (TPSA) is 56.7 Å². The van der Waals surface area contributed by atoms with Gasteiger partial charge in [-0.25, -0.2) is 4.98 Å². The fourth-order valence-electron chi connectivity index (χ4n) is 1.91. The van der Waals surface area contributed by atoms with Crippen molar-refractivity contribution in [2.75, 3.05) is 6.54 Å². The molecule has 0 atom stereocenters. The second kappa shape index (κ2) is 4.45. The first-order valence-corrected chi connectivity index (χ1v) is 5.36. The van der Waals surface area contributed by atoms with Gasteiger partial charge in [-0.3, -0.25) is 4.98 Å². The highest BCUT2D eigenvalue weighted by atomic mass is 15.1. The van der Waals surface area contributed by atoms with Crippen LogP contribution < -0.4 is 5.73 Å². The standard InChI is InChI=1S/C12H16N4/c1-9-11(3-6-13)16(2)12(15-9)10-4-7-14-8-5-10/h4-5,7-8H,3,6,13H2,1-2H3. The number of aromatic nitrogens is 3. The molecule has 16 heavy (non-hydrogen) atoms. The molecular formula is C12H16N4. The van der Waals surface area contributed by atoms with Gasteiger partial charge >= 0.3 is 0 Å². The molecule has 2 rings (SSSR count). The Kier molecular flexibility index (Phi) is 3.01. The molecule has 0 aliphatic rings. The Morgan fingerprint density at radius 1 is 1.31 bits per heavy atom. The first-order chi connectivity index (χ1) is 7.74. The van der Waals surface area contributed by atoms with Gasteiger partial charge in [-0.2, -0.15) is 0 Å². The van der Waals surface area contributed by atoms with E-state index in [1.807, 2.05) is 26.1 Å². The van der Waals surface area contributed by atoms with Gasteiger partial charge in [0.15, 0.2) is 0 Å². The minimum absolute atomic E-state index is 0.649. The molecule has 4 heteroatoms. The van der Waals surface area contributed by atoms with E-state index in [-0.39, 0.29) is 0 Å². The van der Waals surface area contributed by atoms with Gasteiger partial charge in [-0.1, -0.05) is 0 Å². The van der Waals surface area contributed by atoms with Crippen molar-refractivity contribution in [2.24, 2.45) is 12.8 Å². The molecule has 0 unspecified atom stereocenters. The molecule has 0 spiro atoms. The number of hydrogen-bond acceptors (Lipinski definition) is 3. The van der Waals surface area contributed by atoms with Crippen molar-refractivity contribution in [1.82, 2.24) is 14.5 Å². The number of hydrogen-bond donors (Lipinski definition) is 1. The van der Waals surface area contributed by atoms with Crippen LogP contribution in [-0.4, -0.2) is 21.1 Å². The molecule has 2 aromatic heterocycles. The van der Waals surface area contributed by atoms with Gasteiger partial charge < -0.3 is 10.3 Å². The van der Waals surface area contributed by atoms with Gasteiger partial charge in [0, 0.05) is 37.1 Å². The number of nitrogens with two attached hydrogens (primary N) is 1. The van der Waals surface area contributed by atoms with Crippen molar-refractivity contribution in [2.45, 2.75) is 13.3 Å². The van der Waals surface area contributed by atoms with Crippen LogP contribution in [0.5, 0.6) is 0 Å². The molecule has 4 nitrogen and oxygen atoms in total. The van der Waals surface area contributed by atoms with Gasteiger partial charge in [0.05, 0.1) is 5.69 Å². The SMILES string of the molecule is Cc1nc(-c2ccncc2)n(C)c1CCN. The second-order valence-electron chi connectivity index (χ2n) is 3.80. The Labute approximate surface area is 95.1 Å². The van der Waals surface area contributed by atoms with Crippen LogP contribution in [0.4, 0.5) is 0 Å². The number of nitrogens with zero attached hydrogens (tertiary/aromatic N) is 3. The molecule has 0 saturated heterocycles. The van der Waals surface area contributed by atoms with E-state index < -0.39 is 0 Å². The Morgan fingerprint density at radius 2 is 2.00 bits per heavy atom. The molecule has 0 amide bonds. The maximum Gasteiger partial charge on any atom is 0.140 e. The van der Waals surface area contributed by atoms with Crippen molar-refractivity contribution in [1.29, 1.82) is 0 Å². The van der Waals surface area contributed by atoms with E-state index in [0.29, 0.717) is 6.54 Å². The highest BCUT2D eigenvalue weighted by molar-refractivity contribution is 5.55. The third-order valence-electron chi connectivity index (χ3n) is 2.73. The summed E-state index contributed by atoms with van der Waals surface area (Å²) >= 11 is 0. The molecule has 2 heterocycles. The van der Waals surface area contributed by atoms with E-state index in [1.165, 1.54) is 5.69 Å². The molecule has 2 N–H and O–H groups in total. The first-order valence-electron chi connectivity index (χ1n) is 5.36. The van der Waals surface area contributed by atoms with Crippen LogP contribution >= 0.6 is 0 Å². The number of aryl methyl sites for hydroxylation is 1. The Bertz CT molecular complexity index is 473. The first kappa shape index (κ1) is 10.8. The van der Waals surface area contributed by atoms with Gasteiger partial charge in [-0.05, 0) is 25.6 Å². The summed E-state index contributed by atoms with van der Waals surface area (Å²) in [5.74, 6) is 0.975. The Balaban J connectivity index is 2.47. The zero-order chi connectivity index (χ0) is 11.5. The van der Waals surface area contributed by atoms with Crippen LogP contribution in [0.15, 0.2) is 24.5 Å².